The Balaban J connectivity index is 2.21. The summed E-state index contributed by atoms with van der Waals surface area (Å²) in [5.74, 6) is 0.598. The van der Waals surface area contributed by atoms with Gasteiger partial charge in [0.15, 0.2) is 0 Å². The first-order valence-electron chi connectivity index (χ1n) is 4.61. The second kappa shape index (κ2) is 4.58. The highest BCUT2D eigenvalue weighted by Crippen LogP contribution is 2.26. The predicted octanol–water partition coefficient (Wildman–Crippen LogP) is 0.331. The quantitative estimate of drug-likeness (QED) is 0.639. The van der Waals surface area contributed by atoms with E-state index in [0.29, 0.717) is 12.0 Å². The Kier molecular flexibility index (Phi) is 3.69. The minimum Gasteiger partial charge on any atom is -0.328 e. The van der Waals surface area contributed by atoms with Crippen LogP contribution >= 0.6 is 0 Å². The first-order valence-corrected chi connectivity index (χ1v) is 4.61. The molecule has 0 aromatic rings. The largest absolute Gasteiger partial charge is 0.328 e. The molecule has 0 unspecified atom stereocenters. The molecule has 1 fully saturated rings. The van der Waals surface area contributed by atoms with Crippen LogP contribution in [-0.4, -0.2) is 18.4 Å². The summed E-state index contributed by atoms with van der Waals surface area (Å²) in [6.45, 7) is 0. The zero-order valence-corrected chi connectivity index (χ0v) is 7.33. The maximum absolute atomic E-state index is 10.2. The van der Waals surface area contributed by atoms with Gasteiger partial charge in [0.1, 0.15) is 0 Å². The van der Waals surface area contributed by atoms with E-state index in [0.717, 1.165) is 32.1 Å². The summed E-state index contributed by atoms with van der Waals surface area (Å²) >= 11 is 0. The standard InChI is InChI=1S/C9H17N2O/c10-8-3-1-7(2-4-8)5-9(11)6-12/h7-9H,1-5,10-11H2/t7?,8?,9-/m0/s1. The molecule has 4 N–H and O–H groups in total. The number of hydrogen-bond acceptors (Lipinski definition) is 3. The lowest BCUT2D eigenvalue weighted by Gasteiger charge is -2.26. The molecule has 0 amide bonds. The predicted molar refractivity (Wildman–Crippen MR) is 48.2 cm³/mol. The minimum atomic E-state index is -0.385. The van der Waals surface area contributed by atoms with E-state index in [2.05, 4.69) is 0 Å². The summed E-state index contributed by atoms with van der Waals surface area (Å²) in [5.41, 5.74) is 11.2. The molecule has 1 aliphatic rings. The van der Waals surface area contributed by atoms with Gasteiger partial charge in [0.05, 0.1) is 6.04 Å². The summed E-state index contributed by atoms with van der Waals surface area (Å²) in [4.78, 5) is 10.2. The molecule has 0 aliphatic heterocycles. The zero-order chi connectivity index (χ0) is 8.97. The van der Waals surface area contributed by atoms with Crippen molar-refractivity contribution in [3.63, 3.8) is 0 Å². The van der Waals surface area contributed by atoms with Gasteiger partial charge in [-0.05, 0) is 38.0 Å². The van der Waals surface area contributed by atoms with Gasteiger partial charge in [-0.2, -0.15) is 0 Å². The zero-order valence-electron chi connectivity index (χ0n) is 7.33. The van der Waals surface area contributed by atoms with E-state index in [1.165, 1.54) is 0 Å². The summed E-state index contributed by atoms with van der Waals surface area (Å²) in [6.07, 6.45) is 7.01. The normalized spacial score (nSPS) is 32.8. The molecule has 0 spiro atoms. The highest BCUT2D eigenvalue weighted by atomic mass is 16.1. The molecular weight excluding hydrogens is 152 g/mol. The van der Waals surface area contributed by atoms with Gasteiger partial charge in [-0.1, -0.05) is 0 Å². The Labute approximate surface area is 73.5 Å². The summed E-state index contributed by atoms with van der Waals surface area (Å²) in [6, 6.07) is -0.0120. The van der Waals surface area contributed by atoms with Crippen molar-refractivity contribution in [3.05, 3.63) is 0 Å². The van der Waals surface area contributed by atoms with E-state index in [1.807, 2.05) is 6.29 Å². The lowest BCUT2D eigenvalue weighted by molar-refractivity contribution is 0.305. The number of hydrogen-bond donors (Lipinski definition) is 2. The van der Waals surface area contributed by atoms with E-state index in [-0.39, 0.29) is 6.04 Å². The van der Waals surface area contributed by atoms with Crippen molar-refractivity contribution in [1.82, 2.24) is 0 Å². The fourth-order valence-electron chi connectivity index (χ4n) is 1.83. The molecule has 0 saturated heterocycles. The summed E-state index contributed by atoms with van der Waals surface area (Å²) in [7, 11) is 0. The van der Waals surface area contributed by atoms with Crippen LogP contribution in [-0.2, 0) is 4.79 Å². The van der Waals surface area contributed by atoms with Crippen LogP contribution in [0.2, 0.25) is 0 Å². The van der Waals surface area contributed by atoms with Crippen LogP contribution < -0.4 is 11.5 Å². The van der Waals surface area contributed by atoms with Crippen molar-refractivity contribution in [2.24, 2.45) is 17.4 Å². The maximum Gasteiger partial charge on any atom is 0.216 e. The van der Waals surface area contributed by atoms with Gasteiger partial charge in [0.25, 0.3) is 0 Å². The van der Waals surface area contributed by atoms with E-state index >= 15 is 0 Å². The Morgan fingerprint density at radius 2 is 1.92 bits per heavy atom. The average Bonchev–Trinajstić information content (AvgIpc) is 2.09. The lowest BCUT2D eigenvalue weighted by atomic mass is 9.83. The van der Waals surface area contributed by atoms with E-state index in [4.69, 9.17) is 11.5 Å². The smallest absolute Gasteiger partial charge is 0.216 e. The molecule has 3 heteroatoms. The monoisotopic (exact) mass is 169 g/mol. The van der Waals surface area contributed by atoms with Gasteiger partial charge in [-0.3, -0.25) is 4.79 Å². The third-order valence-corrected chi connectivity index (χ3v) is 2.63. The fraction of sp³-hybridized carbons (Fsp3) is 0.889. The third kappa shape index (κ3) is 2.91. The van der Waals surface area contributed by atoms with E-state index in [9.17, 15) is 4.79 Å². The number of nitrogens with two attached hydrogens (primary N) is 2. The van der Waals surface area contributed by atoms with Crippen molar-refractivity contribution in [3.8, 4) is 0 Å². The van der Waals surface area contributed by atoms with Crippen LogP contribution in [0.4, 0.5) is 0 Å². The first kappa shape index (κ1) is 9.68. The summed E-state index contributed by atoms with van der Waals surface area (Å²) < 4.78 is 0. The summed E-state index contributed by atoms with van der Waals surface area (Å²) in [5, 5.41) is 0. The van der Waals surface area contributed by atoms with Crippen LogP contribution in [0.25, 0.3) is 0 Å². The van der Waals surface area contributed by atoms with Gasteiger partial charge in [0.2, 0.25) is 6.29 Å². The molecule has 3 nitrogen and oxygen atoms in total. The van der Waals surface area contributed by atoms with Crippen LogP contribution in [0.5, 0.6) is 0 Å². The van der Waals surface area contributed by atoms with Crippen LogP contribution in [0, 0.1) is 5.92 Å². The number of rotatable bonds is 3. The molecule has 1 saturated carbocycles. The molecule has 0 aromatic heterocycles. The average molecular weight is 169 g/mol. The van der Waals surface area contributed by atoms with Gasteiger partial charge in [-0.15, -0.1) is 0 Å². The van der Waals surface area contributed by atoms with Gasteiger partial charge in [-0.25, -0.2) is 0 Å². The molecule has 1 rings (SSSR count). The molecule has 0 bridgehead atoms. The molecule has 1 aliphatic carbocycles. The highest BCUT2D eigenvalue weighted by Gasteiger charge is 2.20. The molecule has 0 heterocycles. The number of carbonyl (C=O) groups excluding carboxylic acids is 1. The molecule has 12 heavy (non-hydrogen) atoms. The van der Waals surface area contributed by atoms with Crippen LogP contribution in [0.15, 0.2) is 0 Å². The van der Waals surface area contributed by atoms with Gasteiger partial charge >= 0.3 is 0 Å². The Bertz CT molecular complexity index is 141. The Morgan fingerprint density at radius 1 is 1.33 bits per heavy atom. The molecule has 1 atom stereocenters. The second-order valence-corrected chi connectivity index (χ2v) is 3.74. The van der Waals surface area contributed by atoms with Gasteiger partial charge in [0, 0.05) is 6.04 Å². The van der Waals surface area contributed by atoms with Crippen LogP contribution in [0.3, 0.4) is 0 Å². The highest BCUT2D eigenvalue weighted by molar-refractivity contribution is 5.57. The molecular formula is C9H17N2O. The van der Waals surface area contributed by atoms with Crippen molar-refractivity contribution in [2.75, 3.05) is 0 Å². The second-order valence-electron chi connectivity index (χ2n) is 3.74. The molecule has 69 valence electrons. The van der Waals surface area contributed by atoms with Crippen molar-refractivity contribution in [1.29, 1.82) is 0 Å². The van der Waals surface area contributed by atoms with Crippen LogP contribution in [0.1, 0.15) is 32.1 Å². The Hall–Kier alpha value is -0.410. The first-order chi connectivity index (χ1) is 5.72. The minimum absolute atomic E-state index is 0.373. The topological polar surface area (TPSA) is 69.1 Å². The lowest BCUT2D eigenvalue weighted by Crippen LogP contribution is -2.31. The molecule has 1 radical (unpaired) electrons. The fourth-order valence-corrected chi connectivity index (χ4v) is 1.83. The SMILES string of the molecule is NC1CCC(C[C@H](N)[C]=O)CC1. The maximum atomic E-state index is 10.2. The van der Waals surface area contributed by atoms with E-state index < -0.39 is 0 Å². The van der Waals surface area contributed by atoms with Crippen molar-refractivity contribution in [2.45, 2.75) is 44.2 Å². The van der Waals surface area contributed by atoms with Crippen molar-refractivity contribution >= 4 is 6.29 Å². The third-order valence-electron chi connectivity index (χ3n) is 2.63. The van der Waals surface area contributed by atoms with Crippen molar-refractivity contribution < 1.29 is 4.79 Å². The van der Waals surface area contributed by atoms with Gasteiger partial charge < -0.3 is 11.5 Å². The molecule has 0 aromatic carbocycles. The Morgan fingerprint density at radius 3 is 2.42 bits per heavy atom. The van der Waals surface area contributed by atoms with E-state index in [1.54, 1.807) is 0 Å².